The molecule has 0 saturated heterocycles. The van der Waals surface area contributed by atoms with Gasteiger partial charge in [-0.15, -0.1) is 24.0 Å². The van der Waals surface area contributed by atoms with Crippen molar-refractivity contribution < 1.29 is 0 Å². The van der Waals surface area contributed by atoms with Gasteiger partial charge in [-0.1, -0.05) is 100 Å². The van der Waals surface area contributed by atoms with Crippen molar-refractivity contribution in [3.63, 3.8) is 0 Å². The van der Waals surface area contributed by atoms with Crippen LogP contribution in [-0.4, -0.2) is 9.13 Å². The molecule has 48 heavy (non-hydrogen) atoms. The van der Waals surface area contributed by atoms with E-state index in [4.69, 9.17) is 12.6 Å². The Balaban J connectivity index is 1.35. The summed E-state index contributed by atoms with van der Waals surface area (Å²) in [5, 5.41) is 8.75. The molecule has 6 aromatic carbocycles. The van der Waals surface area contributed by atoms with E-state index < -0.39 is 0 Å². The first-order valence-corrected chi connectivity index (χ1v) is 18.1. The first-order chi connectivity index (χ1) is 23.4. The molecule has 234 valence electrons. The zero-order chi connectivity index (χ0) is 32.7. The second-order valence-corrected chi connectivity index (χ2v) is 14.9. The fourth-order valence-corrected chi connectivity index (χ4v) is 9.46. The number of nitrogens with zero attached hydrogens (tertiary/aromatic N) is 2. The smallest absolute Gasteiger partial charge is 0.0541 e. The quantitative estimate of drug-likeness (QED) is 0.177. The number of thiol groups is 1. The predicted octanol–water partition coefficient (Wildman–Crippen LogP) is 13.3. The molecular weight excluding hydrogens is 621 g/mol. The lowest BCUT2D eigenvalue weighted by Crippen LogP contribution is -2.00. The van der Waals surface area contributed by atoms with Gasteiger partial charge in [-0.05, 0) is 82.4 Å². The molecule has 0 amide bonds. The second kappa shape index (κ2) is 11.2. The molecule has 3 heterocycles. The van der Waals surface area contributed by atoms with Crippen LogP contribution in [0.2, 0.25) is 0 Å². The van der Waals surface area contributed by atoms with Crippen LogP contribution in [-0.2, 0) is 0 Å². The molecule has 0 fully saturated rings. The molecule has 0 N–H and O–H groups in total. The van der Waals surface area contributed by atoms with Gasteiger partial charge in [0.25, 0.3) is 0 Å². The van der Waals surface area contributed by atoms with Gasteiger partial charge in [0.2, 0.25) is 0 Å². The van der Waals surface area contributed by atoms with E-state index in [0.717, 1.165) is 4.90 Å². The molecule has 4 heteroatoms. The average molecular weight is 657 g/mol. The molecule has 0 bridgehead atoms. The van der Waals surface area contributed by atoms with Crippen LogP contribution in [0.25, 0.3) is 76.2 Å². The zero-order valence-electron chi connectivity index (χ0n) is 27.5. The van der Waals surface area contributed by atoms with Gasteiger partial charge in [-0.2, -0.15) is 0 Å². The van der Waals surface area contributed by atoms with Crippen LogP contribution >= 0.6 is 24.0 Å². The number of thiophene rings is 1. The number of aromatic nitrogens is 2. The van der Waals surface area contributed by atoms with E-state index in [1.807, 2.05) is 11.3 Å². The van der Waals surface area contributed by atoms with Gasteiger partial charge >= 0.3 is 0 Å². The monoisotopic (exact) mass is 656 g/mol. The minimum absolute atomic E-state index is 0.313. The number of hydrogen-bond acceptors (Lipinski definition) is 2. The van der Waals surface area contributed by atoms with Crippen molar-refractivity contribution >= 4 is 77.7 Å². The molecule has 9 rings (SSSR count). The maximum atomic E-state index is 5.29. The van der Waals surface area contributed by atoms with Gasteiger partial charge in [-0.3, -0.25) is 0 Å². The topological polar surface area (TPSA) is 9.86 Å². The minimum Gasteiger partial charge on any atom is -0.309 e. The highest BCUT2D eigenvalue weighted by molar-refractivity contribution is 7.80. The van der Waals surface area contributed by atoms with Gasteiger partial charge < -0.3 is 9.13 Å². The molecule has 0 aliphatic carbocycles. The van der Waals surface area contributed by atoms with Gasteiger partial charge in [0.05, 0.1) is 22.1 Å². The maximum absolute atomic E-state index is 5.29. The Kier molecular flexibility index (Phi) is 6.83. The summed E-state index contributed by atoms with van der Waals surface area (Å²) >= 11 is 7.15. The number of hydrogen-bond donors (Lipinski definition) is 1. The molecule has 2 nitrogen and oxygen atoms in total. The summed E-state index contributed by atoms with van der Waals surface area (Å²) in [5.41, 5.74) is 12.3. The highest BCUT2D eigenvalue weighted by atomic mass is 32.1. The van der Waals surface area contributed by atoms with E-state index in [0.29, 0.717) is 11.8 Å². The van der Waals surface area contributed by atoms with Gasteiger partial charge in [-0.25, -0.2) is 0 Å². The SMILES string of the molecule is CC(C)c1cc(-n2c3ccccc3c3ccccc32)cc(-c2csc3c(C(C)C)cc(-n4c5ccccc5c5ccccc54)cc23)c1S. The highest BCUT2D eigenvalue weighted by Crippen LogP contribution is 2.45. The molecule has 0 atom stereocenters. The Bertz CT molecular complexity index is 2590. The molecule has 9 aromatic rings. The molecule has 0 aliphatic rings. The maximum Gasteiger partial charge on any atom is 0.0541 e. The number of benzene rings is 6. The van der Waals surface area contributed by atoms with Crippen molar-refractivity contribution in [2.24, 2.45) is 0 Å². The number of rotatable bonds is 5. The largest absolute Gasteiger partial charge is 0.309 e. The van der Waals surface area contributed by atoms with Crippen molar-refractivity contribution in [1.29, 1.82) is 0 Å². The first-order valence-electron chi connectivity index (χ1n) is 16.8. The summed E-state index contributed by atoms with van der Waals surface area (Å²) in [6.07, 6.45) is 0. The molecule has 0 spiro atoms. The number of para-hydroxylation sites is 4. The molecule has 0 saturated carbocycles. The van der Waals surface area contributed by atoms with E-state index >= 15 is 0 Å². The normalized spacial score (nSPS) is 12.2. The van der Waals surface area contributed by atoms with Crippen molar-refractivity contribution in [1.82, 2.24) is 9.13 Å². The van der Waals surface area contributed by atoms with Crippen molar-refractivity contribution in [2.75, 3.05) is 0 Å². The van der Waals surface area contributed by atoms with Crippen LogP contribution in [0.1, 0.15) is 50.7 Å². The minimum atomic E-state index is 0.313. The lowest BCUT2D eigenvalue weighted by molar-refractivity contribution is 0.842. The summed E-state index contributed by atoms with van der Waals surface area (Å²) < 4.78 is 6.24. The third-order valence-electron chi connectivity index (χ3n) is 10.0. The highest BCUT2D eigenvalue weighted by Gasteiger charge is 2.22. The molecular formula is C44H36N2S2. The van der Waals surface area contributed by atoms with Gasteiger partial charge in [0, 0.05) is 53.5 Å². The Morgan fingerprint density at radius 2 is 0.896 bits per heavy atom. The van der Waals surface area contributed by atoms with E-state index in [-0.39, 0.29) is 0 Å². The van der Waals surface area contributed by atoms with Gasteiger partial charge in [0.1, 0.15) is 0 Å². The van der Waals surface area contributed by atoms with Gasteiger partial charge in [0.15, 0.2) is 0 Å². The van der Waals surface area contributed by atoms with Crippen LogP contribution in [0.3, 0.4) is 0 Å². The summed E-state index contributed by atoms with van der Waals surface area (Å²) in [6.45, 7) is 9.18. The standard InChI is InChI=1S/C44H36N2S2/c1-26(2)34-21-28(45-39-17-9-5-13-30(39)31-14-6-10-18-40(31)45)23-36(43(34)47)38-25-48-44-35(27(3)4)22-29(24-37(38)44)46-41-19-11-7-15-32(41)33-16-8-12-20-42(33)46/h5-27,47H,1-4H3. The fourth-order valence-electron chi connectivity index (χ4n) is 7.73. The molecule has 0 radical (unpaired) electrons. The van der Waals surface area contributed by atoms with Crippen LogP contribution in [0.4, 0.5) is 0 Å². The Morgan fingerprint density at radius 1 is 0.479 bits per heavy atom. The van der Waals surface area contributed by atoms with E-state index in [1.54, 1.807) is 0 Å². The molecule has 0 unspecified atom stereocenters. The number of fused-ring (bicyclic) bond motifs is 7. The Hall–Kier alpha value is -4.77. The van der Waals surface area contributed by atoms with E-state index in [9.17, 15) is 0 Å². The van der Waals surface area contributed by atoms with Crippen molar-refractivity contribution in [3.8, 4) is 22.5 Å². The average Bonchev–Trinajstić information content (AvgIpc) is 3.78. The lowest BCUT2D eigenvalue weighted by Gasteiger charge is -2.19. The summed E-state index contributed by atoms with van der Waals surface area (Å²) in [4.78, 5) is 1.06. The molecule has 3 aromatic heterocycles. The van der Waals surface area contributed by atoms with E-state index in [2.05, 4.69) is 164 Å². The van der Waals surface area contributed by atoms with E-state index in [1.165, 1.54) is 87.3 Å². The first kappa shape index (κ1) is 29.4. The predicted molar refractivity (Wildman–Crippen MR) is 211 cm³/mol. The van der Waals surface area contributed by atoms with Crippen LogP contribution in [0.5, 0.6) is 0 Å². The second-order valence-electron chi connectivity index (χ2n) is 13.5. The van der Waals surface area contributed by atoms with Crippen LogP contribution in [0, 0.1) is 0 Å². The Labute approximate surface area is 290 Å². The lowest BCUT2D eigenvalue weighted by atomic mass is 9.93. The van der Waals surface area contributed by atoms with Crippen molar-refractivity contribution in [3.05, 3.63) is 138 Å². The summed E-state index contributed by atoms with van der Waals surface area (Å²) in [7, 11) is 0. The van der Waals surface area contributed by atoms with Crippen molar-refractivity contribution in [2.45, 2.75) is 44.4 Å². The zero-order valence-corrected chi connectivity index (χ0v) is 29.2. The van der Waals surface area contributed by atoms with Crippen LogP contribution < -0.4 is 0 Å². The third-order valence-corrected chi connectivity index (χ3v) is 11.6. The fraction of sp³-hybridized carbons (Fsp3) is 0.136. The third kappa shape index (κ3) is 4.32. The van der Waals surface area contributed by atoms with Crippen LogP contribution in [0.15, 0.2) is 132 Å². The Morgan fingerprint density at radius 3 is 1.35 bits per heavy atom. The summed E-state index contributed by atoms with van der Waals surface area (Å²) in [5.74, 6) is 0.686. The summed E-state index contributed by atoms with van der Waals surface area (Å²) in [6, 6.07) is 44.7. The molecule has 0 aliphatic heterocycles.